The lowest BCUT2D eigenvalue weighted by Crippen LogP contribution is -2.36. The summed E-state index contributed by atoms with van der Waals surface area (Å²) in [6.07, 6.45) is 0.444. The highest BCUT2D eigenvalue weighted by Crippen LogP contribution is 1.84. The van der Waals surface area contributed by atoms with Gasteiger partial charge >= 0.3 is 0 Å². The molecular weight excluding hydrogens is 144 g/mol. The van der Waals surface area contributed by atoms with Crippen LogP contribution < -0.4 is 4.90 Å². The second kappa shape index (κ2) is 7.48. The number of hydrogen-bond acceptors (Lipinski definition) is 4. The second-order valence-corrected chi connectivity index (χ2v) is 2.20. The topological polar surface area (TPSA) is 70.2 Å². The van der Waals surface area contributed by atoms with E-state index in [-0.39, 0.29) is 13.2 Å². The van der Waals surface area contributed by atoms with Gasteiger partial charge in [-0.15, -0.1) is 0 Å². The Labute approximate surface area is 66.7 Å². The maximum Gasteiger partial charge on any atom is 0.145 e. The molecule has 0 atom stereocenters. The van der Waals surface area contributed by atoms with Crippen LogP contribution in [0.25, 0.3) is 0 Å². The van der Waals surface area contributed by atoms with Crippen LogP contribution in [0.4, 0.5) is 0 Å². The first-order valence-electron chi connectivity index (χ1n) is 3.66. The van der Waals surface area contributed by atoms with Crippen molar-refractivity contribution < 1.29 is 10.2 Å². The molecule has 0 aliphatic carbocycles. The van der Waals surface area contributed by atoms with Crippen molar-refractivity contribution >= 4 is 0 Å². The van der Waals surface area contributed by atoms with Gasteiger partial charge in [0.15, 0.2) is 0 Å². The second-order valence-electron chi connectivity index (χ2n) is 2.20. The minimum Gasteiger partial charge on any atom is -0.390 e. The Morgan fingerprint density at radius 3 is 2.00 bits per heavy atom. The fourth-order valence-electron chi connectivity index (χ4n) is 0.826. The van der Waals surface area contributed by atoms with Crippen molar-refractivity contribution in [1.82, 2.24) is 4.90 Å². The molecular formula is C7H14N2O2+. The molecule has 0 bridgehead atoms. The summed E-state index contributed by atoms with van der Waals surface area (Å²) in [6, 6.07) is 2.01. The number of aliphatic hydroxyl groups excluding tert-OH is 2. The van der Waals surface area contributed by atoms with Crippen LogP contribution in [0.15, 0.2) is 0 Å². The Bertz CT molecular complexity index is 116. The summed E-state index contributed by atoms with van der Waals surface area (Å²) in [5.74, 6) is 0. The fourth-order valence-corrected chi connectivity index (χ4v) is 0.826. The molecule has 0 saturated carbocycles. The lowest BCUT2D eigenvalue weighted by molar-refractivity contribution is 0.219. The van der Waals surface area contributed by atoms with Crippen LogP contribution in [0, 0.1) is 11.3 Å². The van der Waals surface area contributed by atoms with Crippen molar-refractivity contribution in [3.63, 3.8) is 0 Å². The lowest BCUT2D eigenvalue weighted by atomic mass is 10.4. The smallest absolute Gasteiger partial charge is 0.145 e. The van der Waals surface area contributed by atoms with Gasteiger partial charge in [-0.05, 0) is 0 Å². The predicted molar refractivity (Wildman–Crippen MR) is 41.1 cm³/mol. The summed E-state index contributed by atoms with van der Waals surface area (Å²) >= 11 is 0. The molecule has 4 heteroatoms. The van der Waals surface area contributed by atoms with E-state index in [4.69, 9.17) is 15.5 Å². The van der Waals surface area contributed by atoms with Crippen LogP contribution in [0.2, 0.25) is 0 Å². The van der Waals surface area contributed by atoms with Gasteiger partial charge in [0.05, 0.1) is 25.7 Å². The average molecular weight is 158 g/mol. The van der Waals surface area contributed by atoms with Crippen molar-refractivity contribution in [3.8, 4) is 6.07 Å². The molecule has 0 amide bonds. The van der Waals surface area contributed by atoms with E-state index in [0.29, 0.717) is 26.1 Å². The van der Waals surface area contributed by atoms with Crippen LogP contribution >= 0.6 is 0 Å². The van der Waals surface area contributed by atoms with E-state index < -0.39 is 0 Å². The number of nitrogens with zero attached hydrogens (tertiary/aromatic N) is 2. The molecule has 0 unspecified atom stereocenters. The van der Waals surface area contributed by atoms with Crippen LogP contribution in [-0.4, -0.2) is 43.1 Å². The molecule has 63 valence electrons. The van der Waals surface area contributed by atoms with Gasteiger partial charge in [0.25, 0.3) is 0 Å². The van der Waals surface area contributed by atoms with Crippen molar-refractivity contribution in [2.75, 3.05) is 32.8 Å². The zero-order valence-corrected chi connectivity index (χ0v) is 6.53. The molecule has 0 fully saturated rings. The first-order valence-corrected chi connectivity index (χ1v) is 3.66. The van der Waals surface area contributed by atoms with Gasteiger partial charge in [0, 0.05) is 0 Å². The predicted octanol–water partition coefficient (Wildman–Crippen LogP) is -0.975. The summed E-state index contributed by atoms with van der Waals surface area (Å²) in [6.45, 7) is 1.83. The largest absolute Gasteiger partial charge is 0.390 e. The molecule has 0 aromatic heterocycles. The van der Waals surface area contributed by atoms with Gasteiger partial charge < -0.3 is 10.2 Å². The molecule has 0 rings (SSSR count). The molecule has 0 aliphatic rings. The highest BCUT2D eigenvalue weighted by Gasteiger charge is 2.11. The fraction of sp³-hybridized carbons (Fsp3) is 0.857. The highest BCUT2D eigenvalue weighted by atomic mass is 16.3. The van der Waals surface area contributed by atoms with Gasteiger partial charge in [-0.1, -0.05) is 0 Å². The molecule has 0 aliphatic heterocycles. The monoisotopic (exact) mass is 158 g/mol. The van der Waals surface area contributed by atoms with Crippen molar-refractivity contribution in [2.45, 2.75) is 6.42 Å². The third kappa shape index (κ3) is 5.80. The summed E-state index contributed by atoms with van der Waals surface area (Å²) in [5, 5.41) is 25.4. The number of nitriles is 1. The van der Waals surface area contributed by atoms with Crippen molar-refractivity contribution in [2.24, 2.45) is 0 Å². The number of aliphatic hydroxyl groups is 2. The molecule has 2 N–H and O–H groups in total. The third-order valence-electron chi connectivity index (χ3n) is 1.37. The van der Waals surface area contributed by atoms with E-state index >= 15 is 0 Å². The van der Waals surface area contributed by atoms with Crippen LogP contribution in [0.1, 0.15) is 6.42 Å². The van der Waals surface area contributed by atoms with Gasteiger partial charge in [-0.2, -0.15) is 10.2 Å². The van der Waals surface area contributed by atoms with Gasteiger partial charge in [-0.25, -0.2) is 0 Å². The van der Waals surface area contributed by atoms with E-state index in [2.05, 4.69) is 0 Å². The Kier molecular flexibility index (Phi) is 7.05. The van der Waals surface area contributed by atoms with E-state index in [0.717, 1.165) is 0 Å². The first-order chi connectivity index (χ1) is 5.35. The average Bonchev–Trinajstić information content (AvgIpc) is 2.01. The number of hydrogen-bond donors (Lipinski definition) is 2. The number of rotatable bonds is 6. The Balaban J connectivity index is 3.44. The Morgan fingerprint density at radius 2 is 1.64 bits per heavy atom. The zero-order chi connectivity index (χ0) is 8.53. The maximum absolute atomic E-state index is 8.56. The summed E-state index contributed by atoms with van der Waals surface area (Å²) in [4.78, 5) is 1.85. The summed E-state index contributed by atoms with van der Waals surface area (Å²) in [5.41, 5.74) is 0. The Hall–Kier alpha value is -0.630. The molecule has 0 heterocycles. The molecule has 0 aromatic rings. The van der Waals surface area contributed by atoms with E-state index in [9.17, 15) is 0 Å². The molecule has 0 spiro atoms. The van der Waals surface area contributed by atoms with Crippen LogP contribution in [0.5, 0.6) is 0 Å². The van der Waals surface area contributed by atoms with E-state index in [1.807, 2.05) is 11.0 Å². The highest BCUT2D eigenvalue weighted by molar-refractivity contribution is 4.74. The molecule has 4 nitrogen and oxygen atoms in total. The normalized spacial score (nSPS) is 10.0. The van der Waals surface area contributed by atoms with E-state index in [1.54, 1.807) is 0 Å². The summed E-state index contributed by atoms with van der Waals surface area (Å²) < 4.78 is 0. The van der Waals surface area contributed by atoms with Gasteiger partial charge in [0.2, 0.25) is 0 Å². The standard InChI is InChI=1S/C7H14N2O2/c8-2-1-3-9(4-6-10)5-7-11/h10-11H,1,3-7H2/q+1. The molecule has 0 saturated heterocycles. The van der Waals surface area contributed by atoms with Crippen molar-refractivity contribution in [3.05, 3.63) is 0 Å². The zero-order valence-electron chi connectivity index (χ0n) is 6.53. The first kappa shape index (κ1) is 10.4. The SMILES string of the molecule is N#CCC[N+](CCO)CCO. The van der Waals surface area contributed by atoms with Gasteiger partial charge in [0.1, 0.15) is 19.6 Å². The van der Waals surface area contributed by atoms with Crippen molar-refractivity contribution in [1.29, 1.82) is 5.26 Å². The molecule has 11 heavy (non-hydrogen) atoms. The summed E-state index contributed by atoms with van der Waals surface area (Å²) in [7, 11) is 0. The minimum atomic E-state index is 0.0748. The molecule has 1 radical (unpaired) electrons. The quantitative estimate of drug-likeness (QED) is 0.488. The minimum absolute atomic E-state index is 0.0748. The van der Waals surface area contributed by atoms with E-state index in [1.165, 1.54) is 0 Å². The van der Waals surface area contributed by atoms with Crippen LogP contribution in [-0.2, 0) is 0 Å². The van der Waals surface area contributed by atoms with Crippen LogP contribution in [0.3, 0.4) is 0 Å². The molecule has 0 aromatic carbocycles. The lowest BCUT2D eigenvalue weighted by Gasteiger charge is -2.06. The maximum atomic E-state index is 8.56. The van der Waals surface area contributed by atoms with Gasteiger partial charge in [-0.3, -0.25) is 0 Å². The Morgan fingerprint density at radius 1 is 1.09 bits per heavy atom. The third-order valence-corrected chi connectivity index (χ3v) is 1.37.